The van der Waals surface area contributed by atoms with Crippen molar-refractivity contribution in [3.63, 3.8) is 0 Å². The lowest BCUT2D eigenvalue weighted by Gasteiger charge is -2.10. The van der Waals surface area contributed by atoms with Crippen LogP contribution in [0.15, 0.2) is 52.1 Å². The van der Waals surface area contributed by atoms with E-state index in [1.54, 1.807) is 30.1 Å². The Morgan fingerprint density at radius 2 is 2.12 bits per heavy atom. The van der Waals surface area contributed by atoms with E-state index < -0.39 is 0 Å². The predicted octanol–water partition coefficient (Wildman–Crippen LogP) is 4.84. The quantitative estimate of drug-likeness (QED) is 0.752. The van der Waals surface area contributed by atoms with Crippen molar-refractivity contribution in [2.24, 2.45) is 0 Å². The molecular weight excluding hydrogens is 301 g/mol. The van der Waals surface area contributed by atoms with Crippen molar-refractivity contribution in [3.8, 4) is 0 Å². The molecule has 0 aliphatic carbocycles. The topological polar surface area (TPSA) is 12.9 Å². The Hall–Kier alpha value is -0.870. The minimum atomic E-state index is -0.196. The molecule has 1 aromatic carbocycles. The van der Waals surface area contributed by atoms with Crippen LogP contribution in [-0.4, -0.2) is 4.98 Å². The molecule has 0 unspecified atom stereocenters. The van der Waals surface area contributed by atoms with E-state index >= 15 is 0 Å². The first kappa shape index (κ1) is 12.6. The summed E-state index contributed by atoms with van der Waals surface area (Å²) >= 11 is 4.96. The van der Waals surface area contributed by atoms with Gasteiger partial charge in [0.25, 0.3) is 0 Å². The van der Waals surface area contributed by atoms with Gasteiger partial charge in [-0.1, -0.05) is 23.9 Å². The molecule has 88 valence electrons. The van der Waals surface area contributed by atoms with E-state index in [9.17, 15) is 4.39 Å². The summed E-state index contributed by atoms with van der Waals surface area (Å²) in [6, 6.07) is 10.6. The van der Waals surface area contributed by atoms with Gasteiger partial charge < -0.3 is 0 Å². The fourth-order valence-corrected chi connectivity index (χ4v) is 2.58. The van der Waals surface area contributed by atoms with E-state index in [4.69, 9.17) is 0 Å². The van der Waals surface area contributed by atoms with E-state index in [2.05, 4.69) is 20.9 Å². The van der Waals surface area contributed by atoms with Gasteiger partial charge in [0, 0.05) is 15.9 Å². The number of nitrogens with zero attached hydrogens (tertiary/aromatic N) is 1. The minimum absolute atomic E-state index is 0.180. The van der Waals surface area contributed by atoms with Crippen LogP contribution in [0.4, 0.5) is 4.39 Å². The van der Waals surface area contributed by atoms with Crippen LogP contribution < -0.4 is 0 Å². The molecular formula is C13H11BrFNS. The molecule has 4 heteroatoms. The standard InChI is InChI=1S/C13H11BrFNS/c1-9(10-3-2-4-12(15)7-10)17-13-6-5-11(14)8-16-13/h2-9H,1H3/t9-/m0/s1. The van der Waals surface area contributed by atoms with Crippen molar-refractivity contribution in [3.05, 3.63) is 58.4 Å². The first-order chi connectivity index (χ1) is 8.15. The zero-order valence-corrected chi connectivity index (χ0v) is 11.6. The maximum absolute atomic E-state index is 13.1. The molecule has 0 N–H and O–H groups in total. The van der Waals surface area contributed by atoms with Crippen LogP contribution in [0.1, 0.15) is 17.7 Å². The molecule has 0 saturated heterocycles. The van der Waals surface area contributed by atoms with Crippen molar-refractivity contribution in [1.29, 1.82) is 0 Å². The lowest BCUT2D eigenvalue weighted by molar-refractivity contribution is 0.625. The summed E-state index contributed by atoms with van der Waals surface area (Å²) in [5, 5.41) is 1.12. The molecule has 0 aliphatic heterocycles. The van der Waals surface area contributed by atoms with Gasteiger partial charge in [-0.15, -0.1) is 0 Å². The van der Waals surface area contributed by atoms with Crippen LogP contribution >= 0.6 is 27.7 Å². The number of thioether (sulfide) groups is 1. The smallest absolute Gasteiger partial charge is 0.123 e. The van der Waals surface area contributed by atoms with Gasteiger partial charge in [-0.25, -0.2) is 9.37 Å². The number of benzene rings is 1. The van der Waals surface area contributed by atoms with Crippen molar-refractivity contribution in [2.75, 3.05) is 0 Å². The highest BCUT2D eigenvalue weighted by Crippen LogP contribution is 2.33. The number of hydrogen-bond donors (Lipinski definition) is 0. The second kappa shape index (κ2) is 5.65. The highest BCUT2D eigenvalue weighted by molar-refractivity contribution is 9.10. The maximum atomic E-state index is 13.1. The first-order valence-corrected chi connectivity index (χ1v) is 6.86. The second-order valence-corrected chi connectivity index (χ2v) is 5.91. The van der Waals surface area contributed by atoms with Crippen LogP contribution in [0.25, 0.3) is 0 Å². The lowest BCUT2D eigenvalue weighted by Crippen LogP contribution is -1.90. The Labute approximate surface area is 113 Å². The van der Waals surface area contributed by atoms with Crippen LogP contribution in [0, 0.1) is 5.82 Å². The average Bonchev–Trinajstić information content (AvgIpc) is 2.32. The van der Waals surface area contributed by atoms with E-state index in [0.29, 0.717) is 0 Å². The zero-order chi connectivity index (χ0) is 12.3. The third-order valence-electron chi connectivity index (χ3n) is 2.32. The summed E-state index contributed by atoms with van der Waals surface area (Å²) < 4.78 is 14.0. The molecule has 0 saturated carbocycles. The van der Waals surface area contributed by atoms with Crippen LogP contribution in [0.2, 0.25) is 0 Å². The Balaban J connectivity index is 2.11. The van der Waals surface area contributed by atoms with Gasteiger partial charge in [-0.3, -0.25) is 0 Å². The summed E-state index contributed by atoms with van der Waals surface area (Å²) in [6.07, 6.45) is 1.76. The predicted molar refractivity (Wildman–Crippen MR) is 72.6 cm³/mol. The SMILES string of the molecule is C[C@H](Sc1ccc(Br)cn1)c1cccc(F)c1. The van der Waals surface area contributed by atoms with Crippen LogP contribution in [-0.2, 0) is 0 Å². The number of aromatic nitrogens is 1. The van der Waals surface area contributed by atoms with Crippen LogP contribution in [0.5, 0.6) is 0 Å². The number of pyridine rings is 1. The second-order valence-electron chi connectivity index (χ2n) is 3.63. The molecule has 1 aromatic heterocycles. The molecule has 1 atom stereocenters. The van der Waals surface area contributed by atoms with Gasteiger partial charge in [0.05, 0.1) is 5.03 Å². The Bertz CT molecular complexity index is 501. The number of rotatable bonds is 3. The van der Waals surface area contributed by atoms with Gasteiger partial charge in [0.15, 0.2) is 0 Å². The summed E-state index contributed by atoms with van der Waals surface area (Å²) in [5.41, 5.74) is 0.972. The zero-order valence-electron chi connectivity index (χ0n) is 9.23. The number of halogens is 2. The molecule has 0 amide bonds. The normalized spacial score (nSPS) is 12.4. The summed E-state index contributed by atoms with van der Waals surface area (Å²) in [6.45, 7) is 2.04. The molecule has 17 heavy (non-hydrogen) atoms. The number of hydrogen-bond acceptors (Lipinski definition) is 2. The Morgan fingerprint density at radius 3 is 2.76 bits per heavy atom. The molecule has 1 heterocycles. The highest BCUT2D eigenvalue weighted by Gasteiger charge is 2.08. The van der Waals surface area contributed by atoms with Gasteiger partial charge in [-0.05, 0) is 52.7 Å². The van der Waals surface area contributed by atoms with E-state index in [-0.39, 0.29) is 11.1 Å². The maximum Gasteiger partial charge on any atom is 0.123 e. The largest absolute Gasteiger partial charge is 0.249 e. The molecule has 0 aliphatic rings. The summed E-state index contributed by atoms with van der Waals surface area (Å²) in [5.74, 6) is -0.196. The van der Waals surface area contributed by atoms with Gasteiger partial charge in [0.1, 0.15) is 5.82 Å². The van der Waals surface area contributed by atoms with Crippen molar-refractivity contribution in [1.82, 2.24) is 4.98 Å². The highest BCUT2D eigenvalue weighted by atomic mass is 79.9. The first-order valence-electron chi connectivity index (χ1n) is 5.19. The minimum Gasteiger partial charge on any atom is -0.249 e. The molecule has 0 radical (unpaired) electrons. The molecule has 0 spiro atoms. The van der Waals surface area contributed by atoms with Crippen LogP contribution in [0.3, 0.4) is 0 Å². The molecule has 2 rings (SSSR count). The molecule has 0 fully saturated rings. The average molecular weight is 312 g/mol. The van der Waals surface area contributed by atoms with E-state index in [1.165, 1.54) is 6.07 Å². The molecule has 2 aromatic rings. The van der Waals surface area contributed by atoms with Gasteiger partial charge in [0.2, 0.25) is 0 Å². The third kappa shape index (κ3) is 3.54. The summed E-state index contributed by atoms with van der Waals surface area (Å²) in [4.78, 5) is 4.29. The fourth-order valence-electron chi connectivity index (χ4n) is 1.44. The molecule has 0 bridgehead atoms. The van der Waals surface area contributed by atoms with E-state index in [1.807, 2.05) is 25.1 Å². The van der Waals surface area contributed by atoms with Gasteiger partial charge in [-0.2, -0.15) is 0 Å². The van der Waals surface area contributed by atoms with E-state index in [0.717, 1.165) is 15.1 Å². The van der Waals surface area contributed by atoms with Crippen molar-refractivity contribution < 1.29 is 4.39 Å². The summed E-state index contributed by atoms with van der Waals surface area (Å²) in [7, 11) is 0. The van der Waals surface area contributed by atoms with Gasteiger partial charge >= 0.3 is 0 Å². The lowest BCUT2D eigenvalue weighted by atomic mass is 10.2. The molecule has 1 nitrogen and oxygen atoms in total. The Morgan fingerprint density at radius 1 is 1.29 bits per heavy atom. The van der Waals surface area contributed by atoms with Crippen molar-refractivity contribution >= 4 is 27.7 Å². The third-order valence-corrected chi connectivity index (χ3v) is 3.89. The monoisotopic (exact) mass is 311 g/mol. The fraction of sp³-hybridized carbons (Fsp3) is 0.154. The Kier molecular flexibility index (Phi) is 4.18. The van der Waals surface area contributed by atoms with Crippen molar-refractivity contribution in [2.45, 2.75) is 17.2 Å².